The van der Waals surface area contributed by atoms with E-state index in [-0.39, 0.29) is 6.04 Å². The molecule has 92 valence electrons. The second-order valence-corrected chi connectivity index (χ2v) is 5.65. The Bertz CT molecular complexity index is 428. The van der Waals surface area contributed by atoms with E-state index in [2.05, 4.69) is 0 Å². The van der Waals surface area contributed by atoms with Crippen molar-refractivity contribution in [1.82, 2.24) is 0 Å². The van der Waals surface area contributed by atoms with Gasteiger partial charge in [-0.25, -0.2) is 0 Å². The van der Waals surface area contributed by atoms with Crippen molar-refractivity contribution in [2.75, 3.05) is 6.61 Å². The summed E-state index contributed by atoms with van der Waals surface area (Å²) in [7, 11) is 0. The molecule has 0 amide bonds. The average molecular weight is 252 g/mol. The number of ether oxygens (including phenoxy) is 1. The summed E-state index contributed by atoms with van der Waals surface area (Å²) in [5.41, 5.74) is 8.70. The summed E-state index contributed by atoms with van der Waals surface area (Å²) >= 11 is 6.14. The maximum absolute atomic E-state index is 6.26. The fourth-order valence-electron chi connectivity index (χ4n) is 2.79. The van der Waals surface area contributed by atoms with Gasteiger partial charge in [-0.1, -0.05) is 18.0 Å². The summed E-state index contributed by atoms with van der Waals surface area (Å²) in [6.07, 6.45) is 5.77. The Morgan fingerprint density at radius 3 is 2.94 bits per heavy atom. The lowest BCUT2D eigenvalue weighted by Crippen LogP contribution is -2.36. The largest absolute Gasteiger partial charge is 0.493 e. The monoisotopic (exact) mass is 251 g/mol. The van der Waals surface area contributed by atoms with E-state index in [1.54, 1.807) is 0 Å². The number of fused-ring (bicyclic) bond motifs is 1. The van der Waals surface area contributed by atoms with Gasteiger partial charge in [-0.15, -0.1) is 0 Å². The van der Waals surface area contributed by atoms with Crippen LogP contribution in [0.3, 0.4) is 0 Å². The minimum absolute atomic E-state index is 0.260. The van der Waals surface area contributed by atoms with E-state index in [0.29, 0.717) is 5.92 Å². The minimum Gasteiger partial charge on any atom is -0.493 e. The maximum Gasteiger partial charge on any atom is 0.125 e. The zero-order chi connectivity index (χ0) is 11.8. The molecule has 1 unspecified atom stereocenters. The first-order valence-corrected chi connectivity index (χ1v) is 6.81. The third kappa shape index (κ3) is 2.16. The molecule has 1 aromatic rings. The molecule has 1 heterocycles. The normalized spacial score (nSPS) is 20.6. The fourth-order valence-corrected chi connectivity index (χ4v) is 3.05. The Labute approximate surface area is 107 Å². The number of benzene rings is 1. The number of rotatable bonds is 3. The fraction of sp³-hybridized carbons (Fsp3) is 0.571. The van der Waals surface area contributed by atoms with Gasteiger partial charge < -0.3 is 10.5 Å². The standard InChI is InChI=1S/C14H18ClNO/c15-12-6-10-4-5-17-14(10)11(7-12)8-13(16)9-2-1-3-9/h6-7,9,13H,1-5,8,16H2. The zero-order valence-electron chi connectivity index (χ0n) is 9.92. The molecule has 0 radical (unpaired) electrons. The Balaban J connectivity index is 1.82. The first-order valence-electron chi connectivity index (χ1n) is 6.44. The van der Waals surface area contributed by atoms with Crippen molar-refractivity contribution in [2.45, 2.75) is 38.1 Å². The molecule has 0 spiro atoms. The number of nitrogens with two attached hydrogens (primary N) is 1. The third-order valence-corrected chi connectivity index (χ3v) is 4.25. The lowest BCUT2D eigenvalue weighted by molar-refractivity contribution is 0.258. The first kappa shape index (κ1) is 11.4. The van der Waals surface area contributed by atoms with Crippen molar-refractivity contribution in [3.05, 3.63) is 28.3 Å². The molecule has 0 saturated heterocycles. The molecule has 17 heavy (non-hydrogen) atoms. The molecule has 1 aromatic carbocycles. The molecule has 0 aromatic heterocycles. The van der Waals surface area contributed by atoms with Gasteiger partial charge >= 0.3 is 0 Å². The van der Waals surface area contributed by atoms with Crippen LogP contribution in [0.2, 0.25) is 5.02 Å². The summed E-state index contributed by atoms with van der Waals surface area (Å²) < 4.78 is 5.70. The van der Waals surface area contributed by atoms with Crippen LogP contribution in [0.5, 0.6) is 5.75 Å². The summed E-state index contributed by atoms with van der Waals surface area (Å²) in [5, 5.41) is 0.810. The molecule has 2 nitrogen and oxygen atoms in total. The maximum atomic E-state index is 6.26. The lowest BCUT2D eigenvalue weighted by Gasteiger charge is -2.31. The van der Waals surface area contributed by atoms with E-state index >= 15 is 0 Å². The van der Waals surface area contributed by atoms with E-state index in [4.69, 9.17) is 22.1 Å². The second-order valence-electron chi connectivity index (χ2n) is 5.21. The Kier molecular flexibility index (Phi) is 3.01. The summed E-state index contributed by atoms with van der Waals surface area (Å²) in [4.78, 5) is 0. The molecule has 1 fully saturated rings. The van der Waals surface area contributed by atoms with Gasteiger partial charge in [-0.05, 0) is 48.4 Å². The molecular formula is C14H18ClNO. The van der Waals surface area contributed by atoms with Crippen molar-refractivity contribution in [2.24, 2.45) is 11.7 Å². The predicted octanol–water partition coefficient (Wildman–Crippen LogP) is 2.94. The van der Waals surface area contributed by atoms with Crippen molar-refractivity contribution in [3.63, 3.8) is 0 Å². The topological polar surface area (TPSA) is 35.2 Å². The van der Waals surface area contributed by atoms with Gasteiger partial charge in [-0.3, -0.25) is 0 Å². The van der Waals surface area contributed by atoms with E-state index in [9.17, 15) is 0 Å². The van der Waals surface area contributed by atoms with Crippen molar-refractivity contribution in [3.8, 4) is 5.75 Å². The quantitative estimate of drug-likeness (QED) is 0.897. The van der Waals surface area contributed by atoms with Gasteiger partial charge in [0.15, 0.2) is 0 Å². The number of halogens is 1. The molecular weight excluding hydrogens is 234 g/mol. The van der Waals surface area contributed by atoms with Crippen LogP contribution in [0, 0.1) is 5.92 Å². The average Bonchev–Trinajstić information content (AvgIpc) is 2.62. The molecule has 3 heteroatoms. The SMILES string of the molecule is NC(Cc1cc(Cl)cc2c1OCC2)C1CCC1. The van der Waals surface area contributed by atoms with Crippen LogP contribution in [0.1, 0.15) is 30.4 Å². The van der Waals surface area contributed by atoms with Crippen molar-refractivity contribution >= 4 is 11.6 Å². The van der Waals surface area contributed by atoms with E-state index in [1.165, 1.54) is 30.4 Å². The molecule has 1 aliphatic carbocycles. The molecule has 1 saturated carbocycles. The highest BCUT2D eigenvalue weighted by atomic mass is 35.5. The van der Waals surface area contributed by atoms with Crippen LogP contribution < -0.4 is 10.5 Å². The molecule has 0 bridgehead atoms. The third-order valence-electron chi connectivity index (χ3n) is 4.04. The van der Waals surface area contributed by atoms with Gasteiger partial charge in [0, 0.05) is 17.5 Å². The van der Waals surface area contributed by atoms with Crippen molar-refractivity contribution in [1.29, 1.82) is 0 Å². The van der Waals surface area contributed by atoms with Gasteiger partial charge in [0.05, 0.1) is 6.61 Å². The number of hydrogen-bond donors (Lipinski definition) is 1. The van der Waals surface area contributed by atoms with Crippen LogP contribution >= 0.6 is 11.6 Å². The van der Waals surface area contributed by atoms with Crippen LogP contribution in [0.4, 0.5) is 0 Å². The minimum atomic E-state index is 0.260. The van der Waals surface area contributed by atoms with E-state index in [0.717, 1.165) is 30.2 Å². The van der Waals surface area contributed by atoms with E-state index in [1.807, 2.05) is 12.1 Å². The molecule has 2 aliphatic rings. The highest BCUT2D eigenvalue weighted by Gasteiger charge is 2.26. The molecule has 1 aliphatic heterocycles. The van der Waals surface area contributed by atoms with Gasteiger partial charge in [0.25, 0.3) is 0 Å². The molecule has 2 N–H and O–H groups in total. The van der Waals surface area contributed by atoms with Gasteiger partial charge in [-0.2, -0.15) is 0 Å². The first-order chi connectivity index (χ1) is 8.24. The summed E-state index contributed by atoms with van der Waals surface area (Å²) in [6, 6.07) is 4.29. The van der Waals surface area contributed by atoms with Crippen LogP contribution in [0.25, 0.3) is 0 Å². The van der Waals surface area contributed by atoms with Crippen LogP contribution in [-0.2, 0) is 12.8 Å². The highest BCUT2D eigenvalue weighted by molar-refractivity contribution is 6.30. The Morgan fingerprint density at radius 2 is 2.24 bits per heavy atom. The van der Waals surface area contributed by atoms with Crippen LogP contribution in [-0.4, -0.2) is 12.6 Å². The highest BCUT2D eigenvalue weighted by Crippen LogP contribution is 2.36. The van der Waals surface area contributed by atoms with E-state index < -0.39 is 0 Å². The lowest BCUT2D eigenvalue weighted by atomic mass is 9.78. The Morgan fingerprint density at radius 1 is 1.41 bits per heavy atom. The Hall–Kier alpha value is -0.730. The number of hydrogen-bond acceptors (Lipinski definition) is 2. The summed E-state index contributed by atoms with van der Waals surface area (Å²) in [5.74, 6) is 1.75. The predicted molar refractivity (Wildman–Crippen MR) is 69.7 cm³/mol. The molecule has 3 rings (SSSR count). The van der Waals surface area contributed by atoms with Crippen molar-refractivity contribution < 1.29 is 4.74 Å². The van der Waals surface area contributed by atoms with Crippen LogP contribution in [0.15, 0.2) is 12.1 Å². The smallest absolute Gasteiger partial charge is 0.125 e. The summed E-state index contributed by atoms with van der Waals surface area (Å²) in [6.45, 7) is 0.779. The van der Waals surface area contributed by atoms with Gasteiger partial charge in [0.1, 0.15) is 5.75 Å². The van der Waals surface area contributed by atoms with Gasteiger partial charge in [0.2, 0.25) is 0 Å². The zero-order valence-corrected chi connectivity index (χ0v) is 10.7. The molecule has 1 atom stereocenters. The second kappa shape index (κ2) is 4.51.